The summed E-state index contributed by atoms with van der Waals surface area (Å²) in [5.41, 5.74) is 4.71. The van der Waals surface area contributed by atoms with Crippen LogP contribution in [-0.2, 0) is 14.3 Å². The first-order chi connectivity index (χ1) is 16.0. The Balaban J connectivity index is 1.14. The number of amides is 2. The topological polar surface area (TPSA) is 95.9 Å². The number of carboxylic acids is 1. The average molecular weight is 449 g/mol. The van der Waals surface area contributed by atoms with Crippen LogP contribution in [0.25, 0.3) is 11.1 Å². The number of aliphatic carboxylic acids is 1. The van der Waals surface area contributed by atoms with Crippen LogP contribution in [0.4, 0.5) is 4.79 Å². The van der Waals surface area contributed by atoms with Gasteiger partial charge in [-0.05, 0) is 47.9 Å². The van der Waals surface area contributed by atoms with Crippen molar-refractivity contribution in [3.63, 3.8) is 0 Å². The number of carbonyl (C=O) groups is 3. The number of carbonyl (C=O) groups excluding carboxylic acids is 2. The van der Waals surface area contributed by atoms with Gasteiger partial charge in [0.05, 0.1) is 5.92 Å². The summed E-state index contributed by atoms with van der Waals surface area (Å²) in [5.74, 6) is -1.46. The third kappa shape index (κ3) is 4.19. The van der Waals surface area contributed by atoms with Crippen LogP contribution in [0.15, 0.2) is 48.5 Å². The van der Waals surface area contributed by atoms with Gasteiger partial charge in [-0.3, -0.25) is 9.59 Å². The zero-order valence-corrected chi connectivity index (χ0v) is 18.4. The van der Waals surface area contributed by atoms with Gasteiger partial charge in [-0.1, -0.05) is 48.5 Å². The lowest BCUT2D eigenvalue weighted by Gasteiger charge is -2.20. The minimum atomic E-state index is -0.841. The molecule has 2 amide bonds. The van der Waals surface area contributed by atoms with Crippen molar-refractivity contribution < 1.29 is 24.2 Å². The Bertz CT molecular complexity index is 1040. The van der Waals surface area contributed by atoms with Gasteiger partial charge >= 0.3 is 12.1 Å². The first kappa shape index (κ1) is 21.5. The summed E-state index contributed by atoms with van der Waals surface area (Å²) in [4.78, 5) is 38.1. The Kier molecular flexibility index (Phi) is 5.79. The maximum Gasteiger partial charge on any atom is 0.407 e. The van der Waals surface area contributed by atoms with Crippen molar-refractivity contribution in [3.8, 4) is 11.1 Å². The summed E-state index contributed by atoms with van der Waals surface area (Å²) in [7, 11) is 0. The number of rotatable bonds is 5. The summed E-state index contributed by atoms with van der Waals surface area (Å²) in [6.07, 6.45) is 2.03. The van der Waals surface area contributed by atoms with E-state index in [9.17, 15) is 14.4 Å². The smallest absolute Gasteiger partial charge is 0.407 e. The van der Waals surface area contributed by atoms with E-state index in [0.29, 0.717) is 25.8 Å². The molecule has 3 atom stereocenters. The van der Waals surface area contributed by atoms with Crippen LogP contribution in [0.3, 0.4) is 0 Å². The molecule has 2 N–H and O–H groups in total. The van der Waals surface area contributed by atoms with Crippen LogP contribution < -0.4 is 5.32 Å². The molecule has 7 heteroatoms. The number of fused-ring (bicyclic) bond motifs is 3. The van der Waals surface area contributed by atoms with E-state index in [1.807, 2.05) is 24.3 Å². The molecule has 7 nitrogen and oxygen atoms in total. The van der Waals surface area contributed by atoms with E-state index in [-0.39, 0.29) is 36.9 Å². The SMILES string of the molecule is O=C(NC1CCC(C(=O)N2CCC(C(=O)O)C2)C1)OCC1c2ccccc2-c2ccccc21. The van der Waals surface area contributed by atoms with E-state index < -0.39 is 18.0 Å². The van der Waals surface area contributed by atoms with Crippen LogP contribution in [0.2, 0.25) is 0 Å². The molecule has 1 heterocycles. The zero-order valence-electron chi connectivity index (χ0n) is 18.4. The molecule has 33 heavy (non-hydrogen) atoms. The monoisotopic (exact) mass is 448 g/mol. The minimum absolute atomic E-state index is 0.00980. The molecule has 3 aliphatic rings. The van der Waals surface area contributed by atoms with E-state index >= 15 is 0 Å². The van der Waals surface area contributed by atoms with Gasteiger partial charge in [-0.25, -0.2) is 4.79 Å². The average Bonchev–Trinajstić information content (AvgIpc) is 3.55. The molecule has 3 unspecified atom stereocenters. The first-order valence-electron chi connectivity index (χ1n) is 11.6. The van der Waals surface area contributed by atoms with Gasteiger partial charge in [0.25, 0.3) is 0 Å². The minimum Gasteiger partial charge on any atom is -0.481 e. The highest BCUT2D eigenvalue weighted by molar-refractivity contribution is 5.81. The van der Waals surface area contributed by atoms with Gasteiger partial charge < -0.3 is 20.1 Å². The third-order valence-electron chi connectivity index (χ3n) is 7.30. The Morgan fingerprint density at radius 2 is 1.61 bits per heavy atom. The molecule has 1 saturated heterocycles. The molecule has 2 aromatic rings. The molecule has 5 rings (SSSR count). The molecule has 2 fully saturated rings. The number of hydrogen-bond donors (Lipinski definition) is 2. The Labute approximate surface area is 192 Å². The third-order valence-corrected chi connectivity index (χ3v) is 7.30. The largest absolute Gasteiger partial charge is 0.481 e. The number of ether oxygens (including phenoxy) is 1. The maximum absolute atomic E-state index is 12.8. The predicted molar refractivity (Wildman–Crippen MR) is 122 cm³/mol. The second-order valence-electron chi connectivity index (χ2n) is 9.28. The molecule has 0 aromatic heterocycles. The van der Waals surface area contributed by atoms with Gasteiger partial charge in [0.2, 0.25) is 5.91 Å². The van der Waals surface area contributed by atoms with E-state index in [4.69, 9.17) is 9.84 Å². The summed E-state index contributed by atoms with van der Waals surface area (Å²) < 4.78 is 5.63. The van der Waals surface area contributed by atoms with Crippen LogP contribution in [0.5, 0.6) is 0 Å². The number of nitrogens with one attached hydrogen (secondary N) is 1. The van der Waals surface area contributed by atoms with Gasteiger partial charge in [-0.2, -0.15) is 0 Å². The Hall–Kier alpha value is -3.35. The molecule has 2 aromatic carbocycles. The first-order valence-corrected chi connectivity index (χ1v) is 11.6. The summed E-state index contributed by atoms with van der Waals surface area (Å²) in [5, 5.41) is 12.1. The number of hydrogen-bond acceptors (Lipinski definition) is 4. The molecule has 172 valence electrons. The van der Waals surface area contributed by atoms with Gasteiger partial charge in [-0.15, -0.1) is 0 Å². The molecule has 0 bridgehead atoms. The lowest BCUT2D eigenvalue weighted by molar-refractivity contribution is -0.141. The Morgan fingerprint density at radius 3 is 2.24 bits per heavy atom. The second kappa shape index (κ2) is 8.89. The maximum atomic E-state index is 12.8. The fraction of sp³-hybridized carbons (Fsp3) is 0.423. The Morgan fingerprint density at radius 1 is 0.939 bits per heavy atom. The standard InChI is InChI=1S/C26H28N2O5/c29-24(28-12-11-17(14-28)25(30)31)16-9-10-18(13-16)27-26(32)33-15-23-21-7-3-1-5-19(21)20-6-2-4-8-22(20)23/h1-8,16-18,23H,9-15H2,(H,27,32)(H,30,31). The van der Waals surface area contributed by atoms with Crippen molar-refractivity contribution in [2.45, 2.75) is 37.6 Å². The number of alkyl carbamates (subject to hydrolysis) is 1. The molecule has 2 aliphatic carbocycles. The van der Waals surface area contributed by atoms with Crippen molar-refractivity contribution in [3.05, 3.63) is 59.7 Å². The zero-order chi connectivity index (χ0) is 22.9. The van der Waals surface area contributed by atoms with Crippen LogP contribution in [-0.4, -0.2) is 53.7 Å². The van der Waals surface area contributed by atoms with Crippen molar-refractivity contribution in [2.24, 2.45) is 11.8 Å². The summed E-state index contributed by atoms with van der Waals surface area (Å²) in [6, 6.07) is 16.3. The lowest BCUT2D eigenvalue weighted by Crippen LogP contribution is -2.37. The van der Waals surface area contributed by atoms with Gasteiger partial charge in [0, 0.05) is 31.0 Å². The molecule has 0 radical (unpaired) electrons. The summed E-state index contributed by atoms with van der Waals surface area (Å²) in [6.45, 7) is 1.05. The second-order valence-corrected chi connectivity index (χ2v) is 9.28. The fourth-order valence-electron chi connectivity index (χ4n) is 5.56. The van der Waals surface area contributed by atoms with Crippen LogP contribution >= 0.6 is 0 Å². The highest BCUT2D eigenvalue weighted by Gasteiger charge is 2.38. The molecular weight excluding hydrogens is 420 g/mol. The van der Waals surface area contributed by atoms with Crippen molar-refractivity contribution in [1.82, 2.24) is 10.2 Å². The van der Waals surface area contributed by atoms with Crippen LogP contribution in [0.1, 0.15) is 42.7 Å². The van der Waals surface area contributed by atoms with E-state index in [1.54, 1.807) is 4.90 Å². The van der Waals surface area contributed by atoms with Crippen molar-refractivity contribution >= 4 is 18.0 Å². The fourth-order valence-corrected chi connectivity index (χ4v) is 5.56. The highest BCUT2D eigenvalue weighted by Crippen LogP contribution is 2.44. The molecule has 1 aliphatic heterocycles. The van der Waals surface area contributed by atoms with E-state index in [1.165, 1.54) is 22.3 Å². The molecular formula is C26H28N2O5. The summed E-state index contributed by atoms with van der Waals surface area (Å²) >= 11 is 0. The van der Waals surface area contributed by atoms with Crippen molar-refractivity contribution in [2.75, 3.05) is 19.7 Å². The number of likely N-dealkylation sites (tertiary alicyclic amines) is 1. The van der Waals surface area contributed by atoms with Gasteiger partial charge in [0.1, 0.15) is 6.61 Å². The normalized spacial score (nSPS) is 23.8. The van der Waals surface area contributed by atoms with Crippen LogP contribution in [0, 0.1) is 11.8 Å². The molecule has 1 saturated carbocycles. The van der Waals surface area contributed by atoms with E-state index in [0.717, 1.165) is 6.42 Å². The lowest BCUT2D eigenvalue weighted by atomic mass is 9.98. The number of carboxylic acid groups (broad SMARTS) is 1. The predicted octanol–water partition coefficient (Wildman–Crippen LogP) is 3.63. The molecule has 0 spiro atoms. The number of benzene rings is 2. The quantitative estimate of drug-likeness (QED) is 0.728. The highest BCUT2D eigenvalue weighted by atomic mass is 16.5. The van der Waals surface area contributed by atoms with Gasteiger partial charge in [0.15, 0.2) is 0 Å². The number of nitrogens with zero attached hydrogens (tertiary/aromatic N) is 1. The van der Waals surface area contributed by atoms with Crippen molar-refractivity contribution in [1.29, 1.82) is 0 Å². The van der Waals surface area contributed by atoms with E-state index in [2.05, 4.69) is 29.6 Å².